The maximum Gasteiger partial charge on any atom is 0.270 e. The molecule has 0 radical (unpaired) electrons. The van der Waals surface area contributed by atoms with Crippen molar-refractivity contribution in [1.29, 1.82) is 0 Å². The second-order valence-electron chi connectivity index (χ2n) is 6.17. The van der Waals surface area contributed by atoms with Crippen molar-refractivity contribution in [3.63, 3.8) is 0 Å². The van der Waals surface area contributed by atoms with E-state index in [9.17, 15) is 4.79 Å². The molecular weight excluding hydrogens is 411 g/mol. The molecule has 0 aliphatic heterocycles. The number of aromatic nitrogens is 2. The molecule has 1 fully saturated rings. The highest BCUT2D eigenvalue weighted by atomic mass is 35.5. The summed E-state index contributed by atoms with van der Waals surface area (Å²) in [4.78, 5) is 21.2. The van der Waals surface area contributed by atoms with Crippen LogP contribution in [0.3, 0.4) is 0 Å². The number of thiazole rings is 2. The van der Waals surface area contributed by atoms with Gasteiger partial charge in [-0.1, -0.05) is 19.3 Å². The van der Waals surface area contributed by atoms with E-state index in [0.717, 1.165) is 22.9 Å². The number of hydrogen-bond acceptors (Lipinski definition) is 6. The van der Waals surface area contributed by atoms with Crippen molar-refractivity contribution in [3.8, 4) is 0 Å². The third kappa shape index (κ3) is 6.46. The van der Waals surface area contributed by atoms with Gasteiger partial charge in [0.2, 0.25) is 0 Å². The summed E-state index contributed by atoms with van der Waals surface area (Å²) in [5.74, 6) is 0.535. The van der Waals surface area contributed by atoms with E-state index >= 15 is 0 Å². The normalized spacial score (nSPS) is 14.3. The van der Waals surface area contributed by atoms with E-state index < -0.39 is 0 Å². The van der Waals surface area contributed by atoms with Crippen molar-refractivity contribution in [3.05, 3.63) is 32.2 Å². The molecule has 5 nitrogen and oxygen atoms in total. The number of carbonyl (C=O) groups excluding carboxylic acids is 1. The number of carbonyl (C=O) groups is 1. The lowest BCUT2D eigenvalue weighted by molar-refractivity contribution is 0.0949. The first-order chi connectivity index (χ1) is 11.8. The summed E-state index contributed by atoms with van der Waals surface area (Å²) in [5, 5.41) is 8.96. The molecule has 3 rings (SSSR count). The van der Waals surface area contributed by atoms with Crippen LogP contribution in [-0.2, 0) is 12.8 Å². The zero-order valence-corrected chi connectivity index (χ0v) is 17.9. The van der Waals surface area contributed by atoms with Gasteiger partial charge in [0.25, 0.3) is 5.91 Å². The van der Waals surface area contributed by atoms with E-state index in [1.54, 1.807) is 16.7 Å². The Morgan fingerprint density at radius 2 is 1.77 bits per heavy atom. The highest BCUT2D eigenvalue weighted by Crippen LogP contribution is 2.33. The minimum absolute atomic E-state index is 0. The van der Waals surface area contributed by atoms with Crippen LogP contribution in [-0.4, -0.2) is 29.0 Å². The first-order valence-electron chi connectivity index (χ1n) is 8.63. The van der Waals surface area contributed by atoms with Gasteiger partial charge in [0.15, 0.2) is 0 Å². The fourth-order valence-corrected chi connectivity index (χ4v) is 4.73. The molecule has 146 valence electrons. The van der Waals surface area contributed by atoms with Gasteiger partial charge in [0.1, 0.15) is 5.69 Å². The maximum absolute atomic E-state index is 12.1. The van der Waals surface area contributed by atoms with Gasteiger partial charge in [-0.3, -0.25) is 4.79 Å². The van der Waals surface area contributed by atoms with Gasteiger partial charge in [-0.05, 0) is 19.4 Å². The molecular formula is C17H26Cl2N4OS2. The van der Waals surface area contributed by atoms with E-state index in [-0.39, 0.29) is 30.7 Å². The number of nitrogens with zero attached hydrogens (tertiary/aromatic N) is 2. The Morgan fingerprint density at radius 3 is 2.50 bits per heavy atom. The van der Waals surface area contributed by atoms with Crippen LogP contribution in [0.1, 0.15) is 64.2 Å². The third-order valence-corrected chi connectivity index (χ3v) is 6.20. The summed E-state index contributed by atoms with van der Waals surface area (Å²) < 4.78 is 0. The average Bonchev–Trinajstić information content (AvgIpc) is 3.26. The van der Waals surface area contributed by atoms with Gasteiger partial charge in [0, 0.05) is 36.1 Å². The summed E-state index contributed by atoms with van der Waals surface area (Å²) >= 11 is 3.20. The molecule has 1 aliphatic rings. The second-order valence-corrected chi connectivity index (χ2v) is 8.06. The van der Waals surface area contributed by atoms with Gasteiger partial charge in [-0.15, -0.1) is 47.5 Å². The third-order valence-electron chi connectivity index (χ3n) is 4.36. The van der Waals surface area contributed by atoms with Crippen LogP contribution in [0.4, 0.5) is 0 Å². The quantitative estimate of drug-likeness (QED) is 0.687. The molecule has 1 saturated carbocycles. The van der Waals surface area contributed by atoms with E-state index in [1.165, 1.54) is 49.1 Å². The minimum atomic E-state index is -0.112. The Morgan fingerprint density at radius 1 is 1.08 bits per heavy atom. The van der Waals surface area contributed by atoms with Crippen molar-refractivity contribution >= 4 is 53.4 Å². The molecule has 0 spiro atoms. The Hall–Kier alpha value is -0.730. The molecule has 2 heterocycles. The molecule has 26 heavy (non-hydrogen) atoms. The molecule has 2 aromatic heterocycles. The highest BCUT2D eigenvalue weighted by molar-refractivity contribution is 7.10. The number of nitrogens with one attached hydrogen (secondary N) is 1. The first-order valence-corrected chi connectivity index (χ1v) is 10.4. The number of hydrogen-bond donors (Lipinski definition) is 2. The van der Waals surface area contributed by atoms with Crippen LogP contribution in [0.2, 0.25) is 0 Å². The van der Waals surface area contributed by atoms with Crippen LogP contribution in [0.15, 0.2) is 10.8 Å². The lowest BCUT2D eigenvalue weighted by Gasteiger charge is -2.19. The van der Waals surface area contributed by atoms with Crippen LogP contribution in [0.5, 0.6) is 0 Å². The largest absolute Gasteiger partial charge is 0.350 e. The molecule has 1 amide bonds. The Bertz CT molecular complexity index is 671. The zero-order chi connectivity index (χ0) is 16.8. The molecule has 2 aromatic rings. The van der Waals surface area contributed by atoms with Crippen molar-refractivity contribution in [2.75, 3.05) is 13.1 Å². The molecule has 0 saturated heterocycles. The SMILES string of the molecule is Cl.Cl.NCCc1nc(C(=O)NCCc2nc(C3CCCCC3)cs2)cs1. The topological polar surface area (TPSA) is 80.9 Å². The Balaban J connectivity index is 0.00000169. The van der Waals surface area contributed by atoms with Gasteiger partial charge < -0.3 is 11.1 Å². The molecule has 0 atom stereocenters. The second kappa shape index (κ2) is 11.9. The summed E-state index contributed by atoms with van der Waals surface area (Å²) in [6.07, 6.45) is 8.07. The van der Waals surface area contributed by atoms with Gasteiger partial charge in [-0.2, -0.15) is 0 Å². The van der Waals surface area contributed by atoms with Crippen molar-refractivity contribution < 1.29 is 4.79 Å². The predicted molar refractivity (Wildman–Crippen MR) is 113 cm³/mol. The Labute approximate surface area is 175 Å². The summed E-state index contributed by atoms with van der Waals surface area (Å²) in [7, 11) is 0. The van der Waals surface area contributed by atoms with Crippen LogP contribution in [0.25, 0.3) is 0 Å². The molecule has 9 heteroatoms. The van der Waals surface area contributed by atoms with Crippen LogP contribution >= 0.6 is 47.5 Å². The standard InChI is InChI=1S/C17H24N4OS2.2ClH/c18-8-6-15-21-14(11-24-15)17(22)19-9-7-16-20-13(10-23-16)12-4-2-1-3-5-12;;/h10-12H,1-9,18H2,(H,19,22);2*1H. The lowest BCUT2D eigenvalue weighted by atomic mass is 9.87. The number of rotatable bonds is 7. The molecule has 1 aliphatic carbocycles. The predicted octanol–water partition coefficient (Wildman–Crippen LogP) is 3.96. The summed E-state index contributed by atoms with van der Waals surface area (Å²) in [5.41, 5.74) is 7.25. The van der Waals surface area contributed by atoms with Crippen molar-refractivity contribution in [2.45, 2.75) is 50.9 Å². The van der Waals surface area contributed by atoms with Crippen LogP contribution < -0.4 is 11.1 Å². The summed E-state index contributed by atoms with van der Waals surface area (Å²) in [6.45, 7) is 1.15. The average molecular weight is 437 g/mol. The minimum Gasteiger partial charge on any atom is -0.350 e. The maximum atomic E-state index is 12.1. The summed E-state index contributed by atoms with van der Waals surface area (Å²) in [6, 6.07) is 0. The van der Waals surface area contributed by atoms with E-state index in [1.807, 2.05) is 0 Å². The number of nitrogens with two attached hydrogens (primary N) is 1. The van der Waals surface area contributed by atoms with Crippen molar-refractivity contribution in [2.24, 2.45) is 5.73 Å². The Kier molecular flexibility index (Phi) is 10.6. The monoisotopic (exact) mass is 436 g/mol. The van der Waals surface area contributed by atoms with Gasteiger partial charge in [0.05, 0.1) is 15.7 Å². The highest BCUT2D eigenvalue weighted by Gasteiger charge is 2.18. The number of halogens is 2. The fraction of sp³-hybridized carbons (Fsp3) is 0.588. The molecule has 0 aromatic carbocycles. The zero-order valence-electron chi connectivity index (χ0n) is 14.6. The van der Waals surface area contributed by atoms with Gasteiger partial charge in [-0.25, -0.2) is 9.97 Å². The van der Waals surface area contributed by atoms with Crippen molar-refractivity contribution in [1.82, 2.24) is 15.3 Å². The van der Waals surface area contributed by atoms with Crippen LogP contribution in [0, 0.1) is 0 Å². The fourth-order valence-electron chi connectivity index (χ4n) is 3.05. The molecule has 0 bridgehead atoms. The van der Waals surface area contributed by atoms with Gasteiger partial charge >= 0.3 is 0 Å². The van der Waals surface area contributed by atoms with E-state index in [0.29, 0.717) is 24.7 Å². The van der Waals surface area contributed by atoms with E-state index in [2.05, 4.69) is 15.7 Å². The smallest absolute Gasteiger partial charge is 0.270 e. The van der Waals surface area contributed by atoms with E-state index in [4.69, 9.17) is 10.7 Å². The number of amides is 1. The molecule has 3 N–H and O–H groups in total. The molecule has 0 unspecified atom stereocenters. The lowest BCUT2D eigenvalue weighted by Crippen LogP contribution is -2.26. The first kappa shape index (κ1) is 23.3.